The lowest BCUT2D eigenvalue weighted by atomic mass is 10.1. The molecule has 0 aromatic carbocycles. The molecule has 1 aliphatic carbocycles. The number of hydrogen-bond acceptors (Lipinski definition) is 4. The number of aromatic nitrogens is 3. The SMILES string of the molecule is CCn1ncnc1CC(NC)c1cc2c(s1)CCCCC2. The van der Waals surface area contributed by atoms with Gasteiger partial charge in [0.05, 0.1) is 0 Å². The third-order valence-corrected chi connectivity index (χ3v) is 5.69. The maximum atomic E-state index is 4.41. The number of thiophene rings is 1. The lowest BCUT2D eigenvalue weighted by Crippen LogP contribution is -2.20. The van der Waals surface area contributed by atoms with Crippen molar-refractivity contribution >= 4 is 11.3 Å². The molecule has 5 heteroatoms. The molecule has 0 spiro atoms. The van der Waals surface area contributed by atoms with E-state index in [9.17, 15) is 0 Å². The first kappa shape index (κ1) is 14.7. The van der Waals surface area contributed by atoms with Crippen LogP contribution in [0.4, 0.5) is 0 Å². The Morgan fingerprint density at radius 3 is 3.00 bits per heavy atom. The molecule has 0 amide bonds. The van der Waals surface area contributed by atoms with Crippen LogP contribution in [0.5, 0.6) is 0 Å². The zero-order valence-electron chi connectivity index (χ0n) is 12.9. The van der Waals surface area contributed by atoms with E-state index in [-0.39, 0.29) is 0 Å². The topological polar surface area (TPSA) is 42.7 Å². The molecular formula is C16H24N4S. The second kappa shape index (κ2) is 6.71. The lowest BCUT2D eigenvalue weighted by molar-refractivity contribution is 0.539. The van der Waals surface area contributed by atoms with Crippen LogP contribution in [0.25, 0.3) is 0 Å². The minimum Gasteiger partial charge on any atom is -0.312 e. The molecule has 4 nitrogen and oxygen atoms in total. The van der Waals surface area contributed by atoms with Gasteiger partial charge in [0.25, 0.3) is 0 Å². The smallest absolute Gasteiger partial charge is 0.138 e. The second-order valence-corrected chi connectivity index (χ2v) is 6.86. The number of nitrogens with one attached hydrogen (secondary N) is 1. The molecular weight excluding hydrogens is 280 g/mol. The summed E-state index contributed by atoms with van der Waals surface area (Å²) in [5.41, 5.74) is 1.59. The van der Waals surface area contributed by atoms with Gasteiger partial charge < -0.3 is 5.32 Å². The Morgan fingerprint density at radius 1 is 1.33 bits per heavy atom. The van der Waals surface area contributed by atoms with Gasteiger partial charge in [-0.1, -0.05) is 6.42 Å². The van der Waals surface area contributed by atoms with E-state index in [1.165, 1.54) is 37.0 Å². The summed E-state index contributed by atoms with van der Waals surface area (Å²) in [6.07, 6.45) is 9.17. The Balaban J connectivity index is 1.80. The quantitative estimate of drug-likeness (QED) is 0.863. The lowest BCUT2D eigenvalue weighted by Gasteiger charge is -2.14. The van der Waals surface area contributed by atoms with Gasteiger partial charge in [0, 0.05) is 28.8 Å². The molecule has 0 radical (unpaired) electrons. The highest BCUT2D eigenvalue weighted by molar-refractivity contribution is 7.12. The highest BCUT2D eigenvalue weighted by atomic mass is 32.1. The summed E-state index contributed by atoms with van der Waals surface area (Å²) in [7, 11) is 2.04. The standard InChI is InChI=1S/C16H24N4S/c1-3-20-16(18-11-19-20)10-13(17-2)15-9-12-7-5-4-6-8-14(12)21-15/h9,11,13,17H,3-8,10H2,1-2H3. The summed E-state index contributed by atoms with van der Waals surface area (Å²) in [5.74, 6) is 1.07. The van der Waals surface area contributed by atoms with E-state index in [1.807, 2.05) is 23.1 Å². The van der Waals surface area contributed by atoms with Gasteiger partial charge in [0.1, 0.15) is 12.2 Å². The Labute approximate surface area is 130 Å². The van der Waals surface area contributed by atoms with Crippen LogP contribution >= 0.6 is 11.3 Å². The van der Waals surface area contributed by atoms with E-state index in [2.05, 4.69) is 28.4 Å². The van der Waals surface area contributed by atoms with Crippen molar-refractivity contribution in [2.75, 3.05) is 7.05 Å². The molecule has 0 aliphatic heterocycles. The summed E-state index contributed by atoms with van der Waals surface area (Å²) in [4.78, 5) is 7.48. The Hall–Kier alpha value is -1.20. The number of likely N-dealkylation sites (N-methyl/N-ethyl adjacent to an activating group) is 1. The Bertz CT molecular complexity index is 563. The van der Waals surface area contributed by atoms with Crippen LogP contribution in [0.15, 0.2) is 12.4 Å². The molecule has 0 fully saturated rings. The molecule has 0 saturated heterocycles. The van der Waals surface area contributed by atoms with Crippen molar-refractivity contribution in [2.45, 2.75) is 58.0 Å². The van der Waals surface area contributed by atoms with Gasteiger partial charge in [-0.15, -0.1) is 11.3 Å². The third kappa shape index (κ3) is 3.19. The zero-order valence-corrected chi connectivity index (χ0v) is 13.7. The monoisotopic (exact) mass is 304 g/mol. The van der Waals surface area contributed by atoms with Crippen molar-refractivity contribution < 1.29 is 0 Å². The summed E-state index contributed by atoms with van der Waals surface area (Å²) in [6, 6.07) is 2.77. The molecule has 0 saturated carbocycles. The summed E-state index contributed by atoms with van der Waals surface area (Å²) >= 11 is 2.00. The molecule has 1 N–H and O–H groups in total. The molecule has 2 heterocycles. The van der Waals surface area contributed by atoms with E-state index in [4.69, 9.17) is 0 Å². The Morgan fingerprint density at radius 2 is 2.19 bits per heavy atom. The van der Waals surface area contributed by atoms with E-state index in [1.54, 1.807) is 16.8 Å². The van der Waals surface area contributed by atoms with E-state index < -0.39 is 0 Å². The van der Waals surface area contributed by atoms with Gasteiger partial charge in [-0.25, -0.2) is 4.98 Å². The van der Waals surface area contributed by atoms with Crippen LogP contribution in [0, 0.1) is 0 Å². The molecule has 0 bridgehead atoms. The van der Waals surface area contributed by atoms with Crippen molar-refractivity contribution in [3.63, 3.8) is 0 Å². The van der Waals surface area contributed by atoms with Gasteiger partial charge in [-0.3, -0.25) is 4.68 Å². The highest BCUT2D eigenvalue weighted by Crippen LogP contribution is 2.33. The van der Waals surface area contributed by atoms with Gasteiger partial charge in [-0.2, -0.15) is 5.10 Å². The van der Waals surface area contributed by atoms with Crippen molar-refractivity contribution in [3.05, 3.63) is 33.5 Å². The number of aryl methyl sites for hydroxylation is 3. The summed E-state index contributed by atoms with van der Waals surface area (Å²) in [5, 5.41) is 7.74. The van der Waals surface area contributed by atoms with Crippen LogP contribution in [0.3, 0.4) is 0 Å². The Kier molecular flexibility index (Phi) is 4.70. The fourth-order valence-electron chi connectivity index (χ4n) is 3.10. The highest BCUT2D eigenvalue weighted by Gasteiger charge is 2.19. The molecule has 114 valence electrons. The van der Waals surface area contributed by atoms with Crippen molar-refractivity contribution in [1.82, 2.24) is 20.1 Å². The van der Waals surface area contributed by atoms with Crippen LogP contribution in [0.2, 0.25) is 0 Å². The molecule has 2 aromatic rings. The van der Waals surface area contributed by atoms with Crippen molar-refractivity contribution in [3.8, 4) is 0 Å². The maximum Gasteiger partial charge on any atom is 0.138 e. The molecule has 3 rings (SSSR count). The molecule has 1 aliphatic rings. The van der Waals surface area contributed by atoms with Gasteiger partial charge in [0.2, 0.25) is 0 Å². The van der Waals surface area contributed by atoms with E-state index in [0.717, 1.165) is 18.8 Å². The number of fused-ring (bicyclic) bond motifs is 1. The van der Waals surface area contributed by atoms with Crippen LogP contribution in [-0.4, -0.2) is 21.8 Å². The largest absolute Gasteiger partial charge is 0.312 e. The van der Waals surface area contributed by atoms with E-state index >= 15 is 0 Å². The number of rotatable bonds is 5. The zero-order chi connectivity index (χ0) is 14.7. The predicted octanol–water partition coefficient (Wildman–Crippen LogP) is 3.13. The molecule has 1 atom stereocenters. The average Bonchev–Trinajstić information content (AvgIpc) is 3.06. The molecule has 2 aromatic heterocycles. The summed E-state index contributed by atoms with van der Waals surface area (Å²) in [6.45, 7) is 2.99. The first-order chi connectivity index (χ1) is 10.3. The van der Waals surface area contributed by atoms with Crippen LogP contribution in [0.1, 0.15) is 53.4 Å². The second-order valence-electron chi connectivity index (χ2n) is 5.70. The van der Waals surface area contributed by atoms with Crippen molar-refractivity contribution in [2.24, 2.45) is 0 Å². The first-order valence-corrected chi connectivity index (χ1v) is 8.79. The van der Waals surface area contributed by atoms with Gasteiger partial charge >= 0.3 is 0 Å². The first-order valence-electron chi connectivity index (χ1n) is 7.97. The van der Waals surface area contributed by atoms with E-state index in [0.29, 0.717) is 6.04 Å². The summed E-state index contributed by atoms with van der Waals surface area (Å²) < 4.78 is 1.99. The normalized spacial score (nSPS) is 16.5. The third-order valence-electron chi connectivity index (χ3n) is 4.34. The molecule has 21 heavy (non-hydrogen) atoms. The maximum absolute atomic E-state index is 4.41. The minimum atomic E-state index is 0.344. The fraction of sp³-hybridized carbons (Fsp3) is 0.625. The predicted molar refractivity (Wildman–Crippen MR) is 86.8 cm³/mol. The average molecular weight is 304 g/mol. The number of nitrogens with zero attached hydrogens (tertiary/aromatic N) is 3. The van der Waals surface area contributed by atoms with Gasteiger partial charge in [0.15, 0.2) is 0 Å². The number of hydrogen-bond donors (Lipinski definition) is 1. The van der Waals surface area contributed by atoms with Crippen LogP contribution in [-0.2, 0) is 25.8 Å². The fourth-order valence-corrected chi connectivity index (χ4v) is 4.47. The van der Waals surface area contributed by atoms with Gasteiger partial charge in [-0.05, 0) is 51.3 Å². The minimum absolute atomic E-state index is 0.344. The van der Waals surface area contributed by atoms with Crippen molar-refractivity contribution in [1.29, 1.82) is 0 Å². The van der Waals surface area contributed by atoms with Crippen LogP contribution < -0.4 is 5.32 Å². The molecule has 1 unspecified atom stereocenters.